The minimum absolute atomic E-state index is 0.509. The monoisotopic (exact) mass is 290 g/mol. The smallest absolute Gasteiger partial charge is 0.0648 e. The molecular formula is C20H34O. The van der Waals surface area contributed by atoms with Crippen LogP contribution >= 0.6 is 0 Å². The highest BCUT2D eigenvalue weighted by Gasteiger charge is 2.30. The molecule has 0 amide bonds. The van der Waals surface area contributed by atoms with Gasteiger partial charge in [0.2, 0.25) is 0 Å². The van der Waals surface area contributed by atoms with Gasteiger partial charge in [-0.3, -0.25) is 0 Å². The Balaban J connectivity index is 1.62. The Bertz CT molecular complexity index is 293. The first-order valence-corrected chi connectivity index (χ1v) is 9.16. The fourth-order valence-electron chi connectivity index (χ4n) is 4.43. The minimum atomic E-state index is 0.509. The van der Waals surface area contributed by atoms with Crippen molar-refractivity contribution in [2.24, 2.45) is 17.8 Å². The molecule has 2 saturated carbocycles. The summed E-state index contributed by atoms with van der Waals surface area (Å²) in [6, 6.07) is 0. The summed E-state index contributed by atoms with van der Waals surface area (Å²) in [6.45, 7) is 8.29. The predicted octanol–water partition coefficient (Wildman–Crippen LogP) is 5.91. The predicted molar refractivity (Wildman–Crippen MR) is 91.4 cm³/mol. The second kappa shape index (κ2) is 9.46. The molecule has 21 heavy (non-hydrogen) atoms. The Morgan fingerprint density at radius 1 is 0.810 bits per heavy atom. The molecule has 2 fully saturated rings. The van der Waals surface area contributed by atoms with Crippen molar-refractivity contribution in [3.8, 4) is 0 Å². The van der Waals surface area contributed by atoms with Gasteiger partial charge in [0.15, 0.2) is 0 Å². The normalized spacial score (nSPS) is 33.5. The molecule has 0 spiro atoms. The standard InChI is InChI=1S/C20H34O/c1-3-5-6-7-17-8-10-18(11-9-17)19-12-14-20(15-13-19)21-16-4-2/h3-4,17-20H,1-2,5-16H2/t17-,18-,19-,20-. The largest absolute Gasteiger partial charge is 0.374 e. The van der Waals surface area contributed by atoms with E-state index in [0.717, 1.165) is 24.4 Å². The lowest BCUT2D eigenvalue weighted by molar-refractivity contribution is 0.0211. The average Bonchev–Trinajstić information content (AvgIpc) is 2.54. The molecule has 0 radical (unpaired) electrons. The van der Waals surface area contributed by atoms with Crippen LogP contribution in [0.15, 0.2) is 25.3 Å². The van der Waals surface area contributed by atoms with Gasteiger partial charge in [0.05, 0.1) is 12.7 Å². The van der Waals surface area contributed by atoms with Crippen molar-refractivity contribution in [3.05, 3.63) is 25.3 Å². The van der Waals surface area contributed by atoms with E-state index < -0.39 is 0 Å². The number of unbranched alkanes of at least 4 members (excludes halogenated alkanes) is 1. The highest BCUT2D eigenvalue weighted by molar-refractivity contribution is 4.83. The van der Waals surface area contributed by atoms with Gasteiger partial charge >= 0.3 is 0 Å². The SMILES string of the molecule is C=CCCC[C@H]1CC[C@H]([C@H]2CC[C@H](OCC=C)CC2)CC1. The van der Waals surface area contributed by atoms with E-state index in [2.05, 4.69) is 19.2 Å². The minimum Gasteiger partial charge on any atom is -0.374 e. The third kappa shape index (κ3) is 5.62. The van der Waals surface area contributed by atoms with E-state index in [1.807, 2.05) is 6.08 Å². The third-order valence-electron chi connectivity index (χ3n) is 5.75. The van der Waals surface area contributed by atoms with E-state index in [9.17, 15) is 0 Å². The van der Waals surface area contributed by atoms with Crippen LogP contribution in [0.5, 0.6) is 0 Å². The molecule has 0 saturated heterocycles. The Labute approximate surface area is 131 Å². The Morgan fingerprint density at radius 3 is 2.00 bits per heavy atom. The molecule has 120 valence electrons. The molecule has 0 unspecified atom stereocenters. The van der Waals surface area contributed by atoms with Gasteiger partial charge in [-0.1, -0.05) is 31.4 Å². The van der Waals surface area contributed by atoms with Crippen molar-refractivity contribution in [2.45, 2.75) is 76.7 Å². The van der Waals surface area contributed by atoms with Crippen LogP contribution in [0.4, 0.5) is 0 Å². The zero-order valence-electron chi connectivity index (χ0n) is 13.8. The maximum absolute atomic E-state index is 5.81. The number of hydrogen-bond acceptors (Lipinski definition) is 1. The highest BCUT2D eigenvalue weighted by Crippen LogP contribution is 2.41. The first kappa shape index (κ1) is 16.8. The van der Waals surface area contributed by atoms with Crippen molar-refractivity contribution >= 4 is 0 Å². The molecule has 1 heteroatoms. The molecule has 1 nitrogen and oxygen atoms in total. The number of rotatable bonds is 8. The molecule has 2 aliphatic rings. The summed E-state index contributed by atoms with van der Waals surface area (Å²) >= 11 is 0. The lowest BCUT2D eigenvalue weighted by atomic mass is 9.70. The highest BCUT2D eigenvalue weighted by atomic mass is 16.5. The van der Waals surface area contributed by atoms with Crippen LogP contribution < -0.4 is 0 Å². The van der Waals surface area contributed by atoms with Crippen LogP contribution in [-0.4, -0.2) is 12.7 Å². The van der Waals surface area contributed by atoms with Crippen LogP contribution in [0.3, 0.4) is 0 Å². The quantitative estimate of drug-likeness (QED) is 0.399. The first-order valence-electron chi connectivity index (χ1n) is 9.16. The van der Waals surface area contributed by atoms with E-state index in [1.54, 1.807) is 0 Å². The lowest BCUT2D eigenvalue weighted by Crippen LogP contribution is -2.28. The van der Waals surface area contributed by atoms with E-state index in [1.165, 1.54) is 70.6 Å². The molecule has 0 heterocycles. The van der Waals surface area contributed by atoms with Crippen molar-refractivity contribution in [3.63, 3.8) is 0 Å². The van der Waals surface area contributed by atoms with Crippen LogP contribution in [-0.2, 0) is 4.74 Å². The first-order chi connectivity index (χ1) is 10.3. The topological polar surface area (TPSA) is 9.23 Å². The molecule has 0 aromatic carbocycles. The van der Waals surface area contributed by atoms with Gasteiger partial charge in [0.1, 0.15) is 0 Å². The van der Waals surface area contributed by atoms with Crippen LogP contribution in [0, 0.1) is 17.8 Å². The molecular weight excluding hydrogens is 256 g/mol. The van der Waals surface area contributed by atoms with Gasteiger partial charge in [-0.25, -0.2) is 0 Å². The second-order valence-corrected chi connectivity index (χ2v) is 7.16. The lowest BCUT2D eigenvalue weighted by Gasteiger charge is -2.37. The van der Waals surface area contributed by atoms with E-state index in [0.29, 0.717) is 6.10 Å². The van der Waals surface area contributed by atoms with Crippen molar-refractivity contribution in [1.29, 1.82) is 0 Å². The molecule has 2 aliphatic carbocycles. The molecule has 0 aliphatic heterocycles. The summed E-state index contributed by atoms with van der Waals surface area (Å²) in [5.74, 6) is 3.01. The second-order valence-electron chi connectivity index (χ2n) is 7.16. The summed E-state index contributed by atoms with van der Waals surface area (Å²) in [5.41, 5.74) is 0. The zero-order chi connectivity index (χ0) is 14.9. The Hall–Kier alpha value is -0.560. The maximum Gasteiger partial charge on any atom is 0.0648 e. The fraction of sp³-hybridized carbons (Fsp3) is 0.800. The third-order valence-corrected chi connectivity index (χ3v) is 5.75. The summed E-state index contributed by atoms with van der Waals surface area (Å²) < 4.78 is 5.81. The van der Waals surface area contributed by atoms with Crippen LogP contribution in [0.25, 0.3) is 0 Å². The Kier molecular flexibility index (Phi) is 7.57. The molecule has 0 aromatic rings. The summed E-state index contributed by atoms with van der Waals surface area (Å²) in [7, 11) is 0. The molecule has 0 N–H and O–H groups in total. The number of allylic oxidation sites excluding steroid dienone is 1. The van der Waals surface area contributed by atoms with Gasteiger partial charge in [0.25, 0.3) is 0 Å². The maximum atomic E-state index is 5.81. The van der Waals surface area contributed by atoms with Crippen LogP contribution in [0.1, 0.15) is 70.6 Å². The van der Waals surface area contributed by atoms with Crippen molar-refractivity contribution in [2.75, 3.05) is 6.61 Å². The summed E-state index contributed by atoms with van der Waals surface area (Å²) in [6.07, 6.45) is 19.7. The van der Waals surface area contributed by atoms with Gasteiger partial charge < -0.3 is 4.74 Å². The van der Waals surface area contributed by atoms with E-state index >= 15 is 0 Å². The number of hydrogen-bond donors (Lipinski definition) is 0. The van der Waals surface area contributed by atoms with Gasteiger partial charge in [0, 0.05) is 0 Å². The van der Waals surface area contributed by atoms with E-state index in [4.69, 9.17) is 4.74 Å². The Morgan fingerprint density at radius 2 is 1.43 bits per heavy atom. The van der Waals surface area contributed by atoms with Gasteiger partial charge in [-0.2, -0.15) is 0 Å². The average molecular weight is 290 g/mol. The van der Waals surface area contributed by atoms with Crippen molar-refractivity contribution in [1.82, 2.24) is 0 Å². The fourth-order valence-corrected chi connectivity index (χ4v) is 4.43. The van der Waals surface area contributed by atoms with Gasteiger partial charge in [-0.05, 0) is 69.1 Å². The zero-order valence-corrected chi connectivity index (χ0v) is 13.8. The van der Waals surface area contributed by atoms with Crippen LogP contribution in [0.2, 0.25) is 0 Å². The molecule has 0 bridgehead atoms. The van der Waals surface area contributed by atoms with Gasteiger partial charge in [-0.15, -0.1) is 13.2 Å². The summed E-state index contributed by atoms with van der Waals surface area (Å²) in [4.78, 5) is 0. The molecule has 2 rings (SSSR count). The number of ether oxygens (including phenoxy) is 1. The summed E-state index contributed by atoms with van der Waals surface area (Å²) in [5, 5.41) is 0. The molecule has 0 atom stereocenters. The molecule has 0 aromatic heterocycles. The van der Waals surface area contributed by atoms with E-state index in [-0.39, 0.29) is 0 Å². The van der Waals surface area contributed by atoms with Crippen molar-refractivity contribution < 1.29 is 4.74 Å².